The lowest BCUT2D eigenvalue weighted by molar-refractivity contribution is -0.128. The van der Waals surface area contributed by atoms with Crippen LogP contribution in [0, 0.1) is 0 Å². The van der Waals surface area contributed by atoms with Crippen LogP contribution >= 0.6 is 0 Å². The van der Waals surface area contributed by atoms with Crippen LogP contribution in [0.2, 0.25) is 0 Å². The summed E-state index contributed by atoms with van der Waals surface area (Å²) in [6.07, 6.45) is 8.19. The fraction of sp³-hybridized carbons (Fsp3) is 0.400. The molecular weight excluding hydrogens is 362 g/mol. The largest absolute Gasteiger partial charge is 0.423 e. The van der Waals surface area contributed by atoms with Crippen molar-refractivity contribution in [3.05, 3.63) is 71.8 Å². The predicted octanol–water partition coefficient (Wildman–Crippen LogP) is 4.65. The highest BCUT2D eigenvalue weighted by molar-refractivity contribution is 5.88. The molecule has 0 saturated heterocycles. The number of ether oxygens (including phenoxy) is 1. The van der Waals surface area contributed by atoms with E-state index in [0.29, 0.717) is 5.75 Å². The highest BCUT2D eigenvalue weighted by atomic mass is 16.5. The minimum absolute atomic E-state index is 0.0422. The van der Waals surface area contributed by atoms with Crippen LogP contribution in [0.5, 0.6) is 5.75 Å². The Balaban J connectivity index is 1.68. The smallest absolute Gasteiger partial charge is 0.336 e. The third-order valence-electron chi connectivity index (χ3n) is 5.63. The van der Waals surface area contributed by atoms with Gasteiger partial charge in [0.05, 0.1) is 5.60 Å². The second kappa shape index (κ2) is 9.86. The lowest BCUT2D eigenvalue weighted by atomic mass is 9.72. The van der Waals surface area contributed by atoms with Crippen LogP contribution in [-0.4, -0.2) is 42.2 Å². The summed E-state index contributed by atoms with van der Waals surface area (Å²) in [7, 11) is 4.07. The van der Waals surface area contributed by atoms with Crippen molar-refractivity contribution in [2.24, 2.45) is 0 Å². The molecule has 1 atom stereocenters. The van der Waals surface area contributed by atoms with Crippen molar-refractivity contribution in [3.63, 3.8) is 0 Å². The van der Waals surface area contributed by atoms with Crippen molar-refractivity contribution in [1.82, 2.24) is 4.90 Å². The van der Waals surface area contributed by atoms with E-state index >= 15 is 0 Å². The number of aliphatic hydroxyl groups is 1. The molecule has 0 bridgehead atoms. The van der Waals surface area contributed by atoms with Crippen LogP contribution in [0.4, 0.5) is 0 Å². The molecule has 1 saturated carbocycles. The summed E-state index contributed by atoms with van der Waals surface area (Å²) < 4.78 is 5.42. The molecular formula is C25H31NO3. The SMILES string of the molecule is CN(C)CC(c1ccc(OC(=O)/C=C/c2ccccc2)cc1)C1(O)CCCCC1. The Morgan fingerprint density at radius 1 is 1.07 bits per heavy atom. The average Bonchev–Trinajstić information content (AvgIpc) is 2.72. The van der Waals surface area contributed by atoms with Crippen molar-refractivity contribution in [2.45, 2.75) is 43.6 Å². The molecule has 29 heavy (non-hydrogen) atoms. The van der Waals surface area contributed by atoms with Gasteiger partial charge in [0.15, 0.2) is 0 Å². The van der Waals surface area contributed by atoms with E-state index in [1.54, 1.807) is 6.08 Å². The second-order valence-electron chi connectivity index (χ2n) is 8.21. The van der Waals surface area contributed by atoms with Crippen LogP contribution in [0.3, 0.4) is 0 Å². The van der Waals surface area contributed by atoms with Gasteiger partial charge in [0, 0.05) is 18.5 Å². The molecule has 0 aliphatic heterocycles. The van der Waals surface area contributed by atoms with Crippen molar-refractivity contribution in [1.29, 1.82) is 0 Å². The number of rotatable bonds is 7. The van der Waals surface area contributed by atoms with E-state index in [9.17, 15) is 9.90 Å². The summed E-state index contributed by atoms with van der Waals surface area (Å²) in [5.41, 5.74) is 1.37. The van der Waals surface area contributed by atoms with Gasteiger partial charge in [-0.25, -0.2) is 4.79 Å². The number of likely N-dealkylation sites (N-methyl/N-ethyl adjacent to an activating group) is 1. The summed E-state index contributed by atoms with van der Waals surface area (Å²) >= 11 is 0. The molecule has 0 spiro atoms. The first-order chi connectivity index (χ1) is 14.0. The van der Waals surface area contributed by atoms with Crippen LogP contribution < -0.4 is 4.74 Å². The predicted molar refractivity (Wildman–Crippen MR) is 117 cm³/mol. The minimum Gasteiger partial charge on any atom is -0.423 e. The third kappa shape index (κ3) is 6.02. The van der Waals surface area contributed by atoms with Crippen LogP contribution in [0.1, 0.15) is 49.1 Å². The van der Waals surface area contributed by atoms with E-state index in [1.165, 1.54) is 12.5 Å². The van der Waals surface area contributed by atoms with E-state index in [-0.39, 0.29) is 5.92 Å². The highest BCUT2D eigenvalue weighted by Gasteiger charge is 2.38. The lowest BCUT2D eigenvalue weighted by Gasteiger charge is -2.40. The van der Waals surface area contributed by atoms with Crippen LogP contribution in [-0.2, 0) is 4.79 Å². The molecule has 1 aliphatic rings. The van der Waals surface area contributed by atoms with Gasteiger partial charge >= 0.3 is 5.97 Å². The summed E-state index contributed by atoms with van der Waals surface area (Å²) in [6.45, 7) is 0.787. The summed E-state index contributed by atoms with van der Waals surface area (Å²) in [6, 6.07) is 17.2. The molecule has 0 aromatic heterocycles. The number of hydrogen-bond donors (Lipinski definition) is 1. The molecule has 2 aromatic carbocycles. The van der Waals surface area contributed by atoms with E-state index < -0.39 is 11.6 Å². The van der Waals surface area contributed by atoms with E-state index in [1.807, 2.05) is 68.7 Å². The minimum atomic E-state index is -0.668. The standard InChI is InChI=1S/C25H31NO3/c1-26(2)19-23(25(28)17-7-4-8-18-25)21-12-14-22(15-13-21)29-24(27)16-11-20-9-5-3-6-10-20/h3,5-6,9-16,23,28H,4,7-8,17-19H2,1-2H3/b16-11+. The van der Waals surface area contributed by atoms with Crippen LogP contribution in [0.25, 0.3) is 6.08 Å². The number of benzene rings is 2. The molecule has 2 aromatic rings. The molecule has 3 rings (SSSR count). The van der Waals surface area contributed by atoms with Crippen molar-refractivity contribution in [3.8, 4) is 5.75 Å². The molecule has 1 fully saturated rings. The number of hydrogen-bond acceptors (Lipinski definition) is 4. The average molecular weight is 394 g/mol. The molecule has 1 unspecified atom stereocenters. The van der Waals surface area contributed by atoms with Gasteiger partial charge in [0.1, 0.15) is 5.75 Å². The van der Waals surface area contributed by atoms with Crippen molar-refractivity contribution < 1.29 is 14.6 Å². The fourth-order valence-electron chi connectivity index (χ4n) is 4.11. The Bertz CT molecular complexity index is 806. The maximum atomic E-state index is 12.1. The zero-order valence-corrected chi connectivity index (χ0v) is 17.4. The highest BCUT2D eigenvalue weighted by Crippen LogP contribution is 2.40. The normalized spacial score (nSPS) is 17.4. The van der Waals surface area contributed by atoms with Gasteiger partial charge in [-0.05, 0) is 56.3 Å². The molecule has 0 radical (unpaired) electrons. The number of carbonyl (C=O) groups is 1. The monoisotopic (exact) mass is 393 g/mol. The van der Waals surface area contributed by atoms with Crippen LogP contribution in [0.15, 0.2) is 60.7 Å². The molecule has 1 N–H and O–H groups in total. The number of carbonyl (C=O) groups excluding carboxylic acids is 1. The zero-order chi connectivity index (χ0) is 20.7. The summed E-state index contributed by atoms with van der Waals surface area (Å²) in [5.74, 6) is 0.147. The van der Waals surface area contributed by atoms with Crippen molar-refractivity contribution >= 4 is 12.0 Å². The Kier molecular flexibility index (Phi) is 7.24. The van der Waals surface area contributed by atoms with E-state index in [0.717, 1.165) is 43.4 Å². The van der Waals surface area contributed by atoms with Gasteiger partial charge in [0.25, 0.3) is 0 Å². The summed E-state index contributed by atoms with van der Waals surface area (Å²) in [4.78, 5) is 14.2. The van der Waals surface area contributed by atoms with Gasteiger partial charge in [-0.1, -0.05) is 61.7 Å². The Morgan fingerprint density at radius 2 is 1.72 bits per heavy atom. The molecule has 4 nitrogen and oxygen atoms in total. The first-order valence-electron chi connectivity index (χ1n) is 10.4. The van der Waals surface area contributed by atoms with Gasteiger partial charge < -0.3 is 14.7 Å². The summed E-state index contributed by atoms with van der Waals surface area (Å²) in [5, 5.41) is 11.3. The lowest BCUT2D eigenvalue weighted by Crippen LogP contribution is -2.42. The maximum Gasteiger partial charge on any atom is 0.336 e. The van der Waals surface area contributed by atoms with Gasteiger partial charge in [0.2, 0.25) is 0 Å². The first kappa shape index (κ1) is 21.3. The Labute approximate surface area is 173 Å². The quantitative estimate of drug-likeness (QED) is 0.423. The Morgan fingerprint density at radius 3 is 2.34 bits per heavy atom. The van der Waals surface area contributed by atoms with E-state index in [4.69, 9.17) is 4.74 Å². The molecule has 0 heterocycles. The Hall–Kier alpha value is -2.43. The van der Waals surface area contributed by atoms with Crippen molar-refractivity contribution in [2.75, 3.05) is 20.6 Å². The number of esters is 1. The van der Waals surface area contributed by atoms with Gasteiger partial charge in [-0.2, -0.15) is 0 Å². The molecule has 154 valence electrons. The molecule has 0 amide bonds. The maximum absolute atomic E-state index is 12.1. The van der Waals surface area contributed by atoms with E-state index in [2.05, 4.69) is 4.90 Å². The van der Waals surface area contributed by atoms with Gasteiger partial charge in [-0.15, -0.1) is 0 Å². The molecule has 1 aliphatic carbocycles. The third-order valence-corrected chi connectivity index (χ3v) is 5.63. The number of nitrogens with zero attached hydrogens (tertiary/aromatic N) is 1. The zero-order valence-electron chi connectivity index (χ0n) is 17.4. The first-order valence-corrected chi connectivity index (χ1v) is 10.4. The topological polar surface area (TPSA) is 49.8 Å². The molecule has 4 heteroatoms. The second-order valence-corrected chi connectivity index (χ2v) is 8.21. The fourth-order valence-corrected chi connectivity index (χ4v) is 4.11. The van der Waals surface area contributed by atoms with Gasteiger partial charge in [-0.3, -0.25) is 0 Å².